The standard InChI is InChI=1S/C23H24N6O2/c1-14-8-10-17(11-9-14)29-16(3)21-15(2)26-28(23(31)22(21)27-29)13-12-20(30)25-19-7-5-4-6-18(19)24/h4-11H,12-13,24H2,1-3H3,(H,25,30). The molecule has 8 heteroatoms. The first kappa shape index (κ1) is 20.3. The number of nitrogens with one attached hydrogen (secondary N) is 1. The Morgan fingerprint density at radius 3 is 2.45 bits per heavy atom. The normalized spacial score (nSPS) is 11.1. The predicted molar refractivity (Wildman–Crippen MR) is 121 cm³/mol. The van der Waals surface area contributed by atoms with Crippen molar-refractivity contribution >= 4 is 28.2 Å². The number of para-hydroxylation sites is 2. The summed E-state index contributed by atoms with van der Waals surface area (Å²) in [5, 5.41) is 12.5. The van der Waals surface area contributed by atoms with Crippen molar-refractivity contribution in [3.63, 3.8) is 0 Å². The van der Waals surface area contributed by atoms with Gasteiger partial charge in [-0.15, -0.1) is 0 Å². The van der Waals surface area contributed by atoms with Crippen LogP contribution in [0.15, 0.2) is 53.3 Å². The SMILES string of the molecule is Cc1ccc(-n2nc3c(=O)n(CCC(=O)Nc4ccccc4N)nc(C)c3c2C)cc1. The number of nitrogen functional groups attached to an aromatic ring is 1. The molecule has 0 atom stereocenters. The minimum absolute atomic E-state index is 0.0871. The second kappa shape index (κ2) is 8.06. The van der Waals surface area contributed by atoms with Gasteiger partial charge in [0.2, 0.25) is 5.91 Å². The van der Waals surface area contributed by atoms with Gasteiger partial charge in [0.05, 0.1) is 40.4 Å². The number of aromatic nitrogens is 4. The van der Waals surface area contributed by atoms with Crippen LogP contribution in [0.5, 0.6) is 0 Å². The van der Waals surface area contributed by atoms with Crippen LogP contribution < -0.4 is 16.6 Å². The number of hydrogen-bond donors (Lipinski definition) is 2. The van der Waals surface area contributed by atoms with Gasteiger partial charge in [0.15, 0.2) is 5.52 Å². The number of nitrogens with zero attached hydrogens (tertiary/aromatic N) is 4. The number of fused-ring (bicyclic) bond motifs is 1. The monoisotopic (exact) mass is 416 g/mol. The Kier molecular flexibility index (Phi) is 5.29. The number of aryl methyl sites for hydroxylation is 4. The lowest BCUT2D eigenvalue weighted by molar-refractivity contribution is -0.116. The molecule has 1 amide bonds. The Hall–Kier alpha value is -3.94. The molecule has 0 spiro atoms. The lowest BCUT2D eigenvalue weighted by atomic mass is 10.2. The Morgan fingerprint density at radius 1 is 1.03 bits per heavy atom. The van der Waals surface area contributed by atoms with Crippen LogP contribution in [-0.4, -0.2) is 25.5 Å². The minimum Gasteiger partial charge on any atom is -0.397 e. The van der Waals surface area contributed by atoms with E-state index in [4.69, 9.17) is 5.73 Å². The number of benzene rings is 2. The number of nitrogens with two attached hydrogens (primary N) is 1. The minimum atomic E-state index is -0.318. The Bertz CT molecular complexity index is 1330. The maximum absolute atomic E-state index is 13.0. The molecule has 0 unspecified atom stereocenters. The summed E-state index contributed by atoms with van der Waals surface area (Å²) in [7, 11) is 0. The Morgan fingerprint density at radius 2 is 1.74 bits per heavy atom. The van der Waals surface area contributed by atoms with Gasteiger partial charge >= 0.3 is 0 Å². The maximum atomic E-state index is 13.0. The molecule has 0 bridgehead atoms. The van der Waals surface area contributed by atoms with Gasteiger partial charge < -0.3 is 11.1 Å². The van der Waals surface area contributed by atoms with E-state index in [1.807, 2.05) is 45.0 Å². The van der Waals surface area contributed by atoms with Crippen LogP contribution in [-0.2, 0) is 11.3 Å². The van der Waals surface area contributed by atoms with E-state index in [0.29, 0.717) is 22.6 Å². The van der Waals surface area contributed by atoms with Crippen LogP contribution >= 0.6 is 0 Å². The van der Waals surface area contributed by atoms with Gasteiger partial charge in [0.1, 0.15) is 0 Å². The molecule has 0 aliphatic rings. The highest BCUT2D eigenvalue weighted by Crippen LogP contribution is 2.21. The van der Waals surface area contributed by atoms with Crippen molar-refractivity contribution < 1.29 is 4.79 Å². The van der Waals surface area contributed by atoms with Crippen molar-refractivity contribution in [3.8, 4) is 5.69 Å². The molecule has 2 heterocycles. The highest BCUT2D eigenvalue weighted by molar-refractivity contribution is 5.93. The number of hydrogen-bond acceptors (Lipinski definition) is 5. The number of anilines is 2. The largest absolute Gasteiger partial charge is 0.397 e. The summed E-state index contributed by atoms with van der Waals surface area (Å²) in [6.45, 7) is 5.93. The Labute approximate surface area is 179 Å². The molecule has 0 fully saturated rings. The van der Waals surface area contributed by atoms with Crippen molar-refractivity contribution in [3.05, 3.63) is 75.8 Å². The first-order valence-corrected chi connectivity index (χ1v) is 10.0. The van der Waals surface area contributed by atoms with E-state index < -0.39 is 0 Å². The van der Waals surface area contributed by atoms with Gasteiger partial charge in [0.25, 0.3) is 5.56 Å². The molecule has 4 aromatic rings. The zero-order chi connectivity index (χ0) is 22.1. The van der Waals surface area contributed by atoms with Crippen LogP contribution in [0.1, 0.15) is 23.4 Å². The molecule has 0 saturated heterocycles. The van der Waals surface area contributed by atoms with Gasteiger partial charge in [-0.25, -0.2) is 9.36 Å². The highest BCUT2D eigenvalue weighted by Gasteiger charge is 2.18. The molecule has 0 saturated carbocycles. The van der Waals surface area contributed by atoms with E-state index in [1.165, 1.54) is 4.68 Å². The molecular formula is C23H24N6O2. The fourth-order valence-electron chi connectivity index (χ4n) is 3.60. The van der Waals surface area contributed by atoms with Gasteiger partial charge in [-0.1, -0.05) is 29.8 Å². The zero-order valence-electron chi connectivity index (χ0n) is 17.7. The second-order valence-corrected chi connectivity index (χ2v) is 7.56. The summed E-state index contributed by atoms with van der Waals surface area (Å²) in [5.74, 6) is -0.245. The van der Waals surface area contributed by atoms with E-state index in [1.54, 1.807) is 28.9 Å². The molecular weight excluding hydrogens is 392 g/mol. The molecule has 158 valence electrons. The van der Waals surface area contributed by atoms with E-state index in [0.717, 1.165) is 22.3 Å². The van der Waals surface area contributed by atoms with Crippen molar-refractivity contribution in [2.45, 2.75) is 33.7 Å². The first-order valence-electron chi connectivity index (χ1n) is 10.0. The number of rotatable bonds is 5. The van der Waals surface area contributed by atoms with E-state index in [2.05, 4.69) is 15.5 Å². The summed E-state index contributed by atoms with van der Waals surface area (Å²) in [6, 6.07) is 15.0. The van der Waals surface area contributed by atoms with Crippen molar-refractivity contribution in [2.75, 3.05) is 11.1 Å². The van der Waals surface area contributed by atoms with Crippen LogP contribution in [0, 0.1) is 20.8 Å². The fourth-order valence-corrected chi connectivity index (χ4v) is 3.60. The van der Waals surface area contributed by atoms with Gasteiger partial charge in [-0.2, -0.15) is 10.2 Å². The van der Waals surface area contributed by atoms with Gasteiger partial charge in [0, 0.05) is 6.42 Å². The van der Waals surface area contributed by atoms with Crippen LogP contribution in [0.2, 0.25) is 0 Å². The summed E-state index contributed by atoms with van der Waals surface area (Å²) in [6.07, 6.45) is 0.0871. The van der Waals surface area contributed by atoms with Crippen LogP contribution in [0.3, 0.4) is 0 Å². The van der Waals surface area contributed by atoms with E-state index in [9.17, 15) is 9.59 Å². The lowest BCUT2D eigenvalue weighted by Gasteiger charge is -2.09. The molecule has 2 aromatic carbocycles. The van der Waals surface area contributed by atoms with Crippen LogP contribution in [0.4, 0.5) is 11.4 Å². The third-order valence-corrected chi connectivity index (χ3v) is 5.25. The molecule has 0 aliphatic heterocycles. The van der Waals surface area contributed by atoms with Crippen molar-refractivity contribution in [2.24, 2.45) is 0 Å². The summed E-state index contributed by atoms with van der Waals surface area (Å²) in [4.78, 5) is 25.4. The lowest BCUT2D eigenvalue weighted by Crippen LogP contribution is -2.26. The third kappa shape index (κ3) is 3.92. The fraction of sp³-hybridized carbons (Fsp3) is 0.217. The highest BCUT2D eigenvalue weighted by atomic mass is 16.2. The quantitative estimate of drug-likeness (QED) is 0.486. The van der Waals surface area contributed by atoms with Crippen molar-refractivity contribution in [1.29, 1.82) is 0 Å². The average molecular weight is 416 g/mol. The van der Waals surface area contributed by atoms with Crippen molar-refractivity contribution in [1.82, 2.24) is 19.6 Å². The van der Waals surface area contributed by atoms with E-state index >= 15 is 0 Å². The van der Waals surface area contributed by atoms with Crippen LogP contribution in [0.25, 0.3) is 16.6 Å². The maximum Gasteiger partial charge on any atom is 0.295 e. The molecule has 0 radical (unpaired) electrons. The number of amides is 1. The third-order valence-electron chi connectivity index (χ3n) is 5.25. The molecule has 3 N–H and O–H groups in total. The number of carbonyl (C=O) groups is 1. The molecule has 2 aromatic heterocycles. The summed E-state index contributed by atoms with van der Waals surface area (Å²) >= 11 is 0. The Balaban J connectivity index is 1.61. The molecule has 4 rings (SSSR count). The average Bonchev–Trinajstić information content (AvgIpc) is 3.10. The molecule has 0 aliphatic carbocycles. The van der Waals surface area contributed by atoms with Gasteiger partial charge in [-0.3, -0.25) is 9.59 Å². The topological polar surface area (TPSA) is 108 Å². The first-order chi connectivity index (χ1) is 14.8. The summed E-state index contributed by atoms with van der Waals surface area (Å²) in [5.41, 5.74) is 10.5. The second-order valence-electron chi connectivity index (χ2n) is 7.56. The smallest absolute Gasteiger partial charge is 0.295 e. The summed E-state index contributed by atoms with van der Waals surface area (Å²) < 4.78 is 3.06. The van der Waals surface area contributed by atoms with E-state index in [-0.39, 0.29) is 24.4 Å². The molecule has 8 nitrogen and oxygen atoms in total. The number of carbonyl (C=O) groups excluding carboxylic acids is 1. The molecule has 31 heavy (non-hydrogen) atoms. The zero-order valence-corrected chi connectivity index (χ0v) is 17.7. The van der Waals surface area contributed by atoms with Gasteiger partial charge in [-0.05, 0) is 45.0 Å². The predicted octanol–water partition coefficient (Wildman–Crippen LogP) is 3.12.